The maximum atomic E-state index is 3.69. The first-order chi connectivity index (χ1) is 9.72. The van der Waals surface area contributed by atoms with Crippen molar-refractivity contribution in [3.05, 3.63) is 70.8 Å². The minimum atomic E-state index is 0.197. The zero-order chi connectivity index (χ0) is 13.7. The molecular formula is C19H21N. The van der Waals surface area contributed by atoms with E-state index in [0.717, 1.165) is 6.54 Å². The van der Waals surface area contributed by atoms with E-state index >= 15 is 0 Å². The van der Waals surface area contributed by atoms with Crippen LogP contribution in [0.15, 0.2) is 48.5 Å². The van der Waals surface area contributed by atoms with E-state index < -0.39 is 0 Å². The number of nitrogens with one attached hydrogen (secondary N) is 1. The molecule has 0 spiro atoms. The van der Waals surface area contributed by atoms with Gasteiger partial charge in [0.05, 0.1) is 0 Å². The molecule has 102 valence electrons. The summed E-state index contributed by atoms with van der Waals surface area (Å²) < 4.78 is 0. The molecule has 4 rings (SSSR count). The van der Waals surface area contributed by atoms with Gasteiger partial charge in [-0.3, -0.25) is 0 Å². The van der Waals surface area contributed by atoms with Gasteiger partial charge in [0.25, 0.3) is 0 Å². The zero-order valence-electron chi connectivity index (χ0n) is 12.2. The SMILES string of the molecule is CC(C)NCC12CC(c3ccccc31)c1ccccc12. The summed E-state index contributed by atoms with van der Waals surface area (Å²) in [6.45, 7) is 5.51. The van der Waals surface area contributed by atoms with Crippen LogP contribution in [-0.4, -0.2) is 12.6 Å². The van der Waals surface area contributed by atoms with Gasteiger partial charge < -0.3 is 5.32 Å². The highest BCUT2D eigenvalue weighted by molar-refractivity contribution is 5.62. The van der Waals surface area contributed by atoms with Crippen LogP contribution in [0.2, 0.25) is 0 Å². The summed E-state index contributed by atoms with van der Waals surface area (Å²) in [5.41, 5.74) is 6.41. The first-order valence-electron chi connectivity index (χ1n) is 7.64. The van der Waals surface area contributed by atoms with E-state index in [1.807, 2.05) is 0 Å². The molecule has 0 saturated heterocycles. The average Bonchev–Trinajstić information content (AvgIpc) is 2.98. The van der Waals surface area contributed by atoms with Crippen LogP contribution in [0.1, 0.15) is 48.4 Å². The van der Waals surface area contributed by atoms with Crippen molar-refractivity contribution in [2.24, 2.45) is 0 Å². The van der Waals surface area contributed by atoms with Crippen LogP contribution in [0.4, 0.5) is 0 Å². The molecule has 0 radical (unpaired) electrons. The van der Waals surface area contributed by atoms with Gasteiger partial charge in [-0.1, -0.05) is 62.4 Å². The molecule has 0 heterocycles. The molecule has 0 unspecified atom stereocenters. The zero-order valence-corrected chi connectivity index (χ0v) is 12.2. The molecule has 1 heteroatoms. The highest BCUT2D eigenvalue weighted by atomic mass is 14.9. The summed E-state index contributed by atoms with van der Waals surface area (Å²) in [6.07, 6.45) is 1.24. The largest absolute Gasteiger partial charge is 0.313 e. The number of hydrogen-bond donors (Lipinski definition) is 1. The molecule has 0 amide bonds. The van der Waals surface area contributed by atoms with E-state index in [4.69, 9.17) is 0 Å². The van der Waals surface area contributed by atoms with Gasteiger partial charge in [-0.25, -0.2) is 0 Å². The Morgan fingerprint density at radius 3 is 2.10 bits per heavy atom. The summed E-state index contributed by atoms with van der Waals surface area (Å²) in [6, 6.07) is 18.6. The lowest BCUT2D eigenvalue weighted by molar-refractivity contribution is 0.448. The Morgan fingerprint density at radius 1 is 1.00 bits per heavy atom. The van der Waals surface area contributed by atoms with E-state index in [2.05, 4.69) is 67.7 Å². The Kier molecular flexibility index (Phi) is 2.55. The van der Waals surface area contributed by atoms with Crippen LogP contribution in [-0.2, 0) is 5.41 Å². The smallest absolute Gasteiger partial charge is 0.0342 e. The van der Waals surface area contributed by atoms with Crippen molar-refractivity contribution in [2.45, 2.75) is 37.6 Å². The second-order valence-corrected chi connectivity index (χ2v) is 6.55. The van der Waals surface area contributed by atoms with Crippen LogP contribution in [0.3, 0.4) is 0 Å². The quantitative estimate of drug-likeness (QED) is 0.887. The Bertz CT molecular complexity index is 609. The molecule has 0 aromatic heterocycles. The molecular weight excluding hydrogens is 242 g/mol. The molecule has 2 aromatic rings. The fourth-order valence-electron chi connectivity index (χ4n) is 4.22. The van der Waals surface area contributed by atoms with Gasteiger partial charge in [0.15, 0.2) is 0 Å². The minimum absolute atomic E-state index is 0.197. The first kappa shape index (κ1) is 12.2. The van der Waals surface area contributed by atoms with Gasteiger partial charge >= 0.3 is 0 Å². The van der Waals surface area contributed by atoms with E-state index in [1.165, 1.54) is 6.42 Å². The van der Waals surface area contributed by atoms with Gasteiger partial charge in [0, 0.05) is 23.9 Å². The summed E-state index contributed by atoms with van der Waals surface area (Å²) >= 11 is 0. The third-order valence-corrected chi connectivity index (χ3v) is 5.07. The monoisotopic (exact) mass is 263 g/mol. The molecule has 2 aliphatic rings. The molecule has 0 aliphatic heterocycles. The third kappa shape index (κ3) is 1.47. The van der Waals surface area contributed by atoms with Crippen molar-refractivity contribution in [3.8, 4) is 0 Å². The summed E-state index contributed by atoms with van der Waals surface area (Å²) in [5, 5.41) is 3.69. The number of benzene rings is 2. The van der Waals surface area contributed by atoms with Crippen molar-refractivity contribution < 1.29 is 0 Å². The fraction of sp³-hybridized carbons (Fsp3) is 0.368. The van der Waals surface area contributed by atoms with Crippen LogP contribution in [0.25, 0.3) is 0 Å². The van der Waals surface area contributed by atoms with Gasteiger partial charge in [-0.05, 0) is 28.7 Å². The molecule has 0 fully saturated rings. The van der Waals surface area contributed by atoms with E-state index in [0.29, 0.717) is 12.0 Å². The van der Waals surface area contributed by atoms with Gasteiger partial charge in [-0.15, -0.1) is 0 Å². The Morgan fingerprint density at radius 2 is 1.55 bits per heavy atom. The first-order valence-corrected chi connectivity index (χ1v) is 7.64. The second-order valence-electron chi connectivity index (χ2n) is 6.55. The van der Waals surface area contributed by atoms with Crippen LogP contribution in [0.5, 0.6) is 0 Å². The van der Waals surface area contributed by atoms with Gasteiger partial charge in [0.1, 0.15) is 0 Å². The van der Waals surface area contributed by atoms with E-state index in [9.17, 15) is 0 Å². The fourth-order valence-corrected chi connectivity index (χ4v) is 4.22. The molecule has 0 atom stereocenters. The third-order valence-electron chi connectivity index (χ3n) is 5.07. The highest BCUT2D eigenvalue weighted by Crippen LogP contribution is 2.59. The predicted molar refractivity (Wildman–Crippen MR) is 83.3 cm³/mol. The van der Waals surface area contributed by atoms with Crippen LogP contribution < -0.4 is 5.32 Å². The Balaban J connectivity index is 1.89. The molecule has 2 bridgehead atoms. The van der Waals surface area contributed by atoms with E-state index in [1.54, 1.807) is 22.3 Å². The van der Waals surface area contributed by atoms with Crippen LogP contribution in [0, 0.1) is 0 Å². The molecule has 0 saturated carbocycles. The summed E-state index contributed by atoms with van der Waals surface area (Å²) in [4.78, 5) is 0. The molecule has 1 N–H and O–H groups in total. The van der Waals surface area contributed by atoms with Gasteiger partial charge in [-0.2, -0.15) is 0 Å². The second kappa shape index (κ2) is 4.20. The van der Waals surface area contributed by atoms with Crippen molar-refractivity contribution in [1.82, 2.24) is 5.32 Å². The number of hydrogen-bond acceptors (Lipinski definition) is 1. The topological polar surface area (TPSA) is 12.0 Å². The molecule has 20 heavy (non-hydrogen) atoms. The summed E-state index contributed by atoms with van der Waals surface area (Å²) in [7, 11) is 0. The molecule has 1 nitrogen and oxygen atoms in total. The van der Waals surface area contributed by atoms with Crippen molar-refractivity contribution >= 4 is 0 Å². The van der Waals surface area contributed by atoms with Crippen molar-refractivity contribution in [2.75, 3.05) is 6.54 Å². The normalized spacial score (nSPS) is 25.9. The molecule has 2 aliphatic carbocycles. The predicted octanol–water partition coefficient (Wildman–Crippen LogP) is 3.82. The van der Waals surface area contributed by atoms with Crippen molar-refractivity contribution in [1.29, 1.82) is 0 Å². The maximum Gasteiger partial charge on any atom is 0.0342 e. The minimum Gasteiger partial charge on any atom is -0.313 e. The highest BCUT2D eigenvalue weighted by Gasteiger charge is 2.52. The average molecular weight is 263 g/mol. The Hall–Kier alpha value is -1.60. The lowest BCUT2D eigenvalue weighted by atomic mass is 9.75. The lowest BCUT2D eigenvalue weighted by Crippen LogP contribution is -2.39. The molecule has 2 aromatic carbocycles. The van der Waals surface area contributed by atoms with Crippen LogP contribution >= 0.6 is 0 Å². The van der Waals surface area contributed by atoms with Crippen molar-refractivity contribution in [3.63, 3.8) is 0 Å². The number of fused-ring (bicyclic) bond motifs is 8. The van der Waals surface area contributed by atoms with E-state index in [-0.39, 0.29) is 5.41 Å². The Labute approximate surface area is 121 Å². The van der Waals surface area contributed by atoms with Gasteiger partial charge in [0.2, 0.25) is 0 Å². The standard InChI is InChI=1S/C19H21N/c1-13(2)20-12-19-11-16(14-7-3-5-9-17(14)19)15-8-4-6-10-18(15)19/h3-10,13,16,20H,11-12H2,1-2H3. The summed E-state index contributed by atoms with van der Waals surface area (Å²) in [5.74, 6) is 0.608. The maximum absolute atomic E-state index is 3.69. The lowest BCUT2D eigenvalue weighted by Gasteiger charge is -2.32. The number of rotatable bonds is 3.